The average molecular weight is 420 g/mol. The average Bonchev–Trinajstić information content (AvgIpc) is 2.65. The lowest BCUT2D eigenvalue weighted by atomic mass is 10.1. The molecule has 0 saturated heterocycles. The highest BCUT2D eigenvalue weighted by atomic mass is 28.4. The molecule has 168 valence electrons. The van der Waals surface area contributed by atoms with Crippen LogP contribution in [0.4, 0.5) is 0 Å². The third-order valence-electron chi connectivity index (χ3n) is 6.17. The molecule has 0 aliphatic rings. The molecule has 0 aromatic heterocycles. The van der Waals surface area contributed by atoms with Crippen LogP contribution >= 0.6 is 0 Å². The molecular formula is C26H49NOSi. The molecule has 0 aliphatic carbocycles. The van der Waals surface area contributed by atoms with Gasteiger partial charge in [0.25, 0.3) is 0 Å². The number of hydrogen-bond donors (Lipinski definition) is 0. The van der Waals surface area contributed by atoms with E-state index in [1.807, 2.05) is 0 Å². The van der Waals surface area contributed by atoms with Crippen LogP contribution in [-0.2, 0) is 4.43 Å². The van der Waals surface area contributed by atoms with Crippen LogP contribution in [0.1, 0.15) is 124 Å². The van der Waals surface area contributed by atoms with Gasteiger partial charge in [0.2, 0.25) is 0 Å². The predicted octanol–water partition coefficient (Wildman–Crippen LogP) is 8.78. The first kappa shape index (κ1) is 28.2. The number of nitrogens with zero attached hydrogens (tertiary/aromatic N) is 1. The molecule has 0 rings (SSSR count). The van der Waals surface area contributed by atoms with Crippen LogP contribution in [0.2, 0.25) is 18.1 Å². The van der Waals surface area contributed by atoms with Gasteiger partial charge < -0.3 is 4.43 Å². The van der Waals surface area contributed by atoms with E-state index in [2.05, 4.69) is 58.7 Å². The van der Waals surface area contributed by atoms with E-state index in [9.17, 15) is 0 Å². The molecule has 29 heavy (non-hydrogen) atoms. The van der Waals surface area contributed by atoms with Crippen LogP contribution in [0.5, 0.6) is 0 Å². The van der Waals surface area contributed by atoms with Gasteiger partial charge in [-0.1, -0.05) is 97.8 Å². The van der Waals surface area contributed by atoms with E-state index in [4.69, 9.17) is 9.69 Å². The van der Waals surface area contributed by atoms with E-state index in [0.717, 1.165) is 25.7 Å². The van der Waals surface area contributed by atoms with Crippen LogP contribution < -0.4 is 0 Å². The Bertz CT molecular complexity index is 490. The molecule has 0 aliphatic heterocycles. The first-order valence-electron chi connectivity index (χ1n) is 12.3. The molecule has 0 fully saturated rings. The quantitative estimate of drug-likeness (QED) is 0.142. The summed E-state index contributed by atoms with van der Waals surface area (Å²) in [4.78, 5) is 0. The Hall–Kier alpha value is -0.773. The van der Waals surface area contributed by atoms with Gasteiger partial charge in [0.15, 0.2) is 8.32 Å². The molecule has 0 aromatic carbocycles. The van der Waals surface area contributed by atoms with Gasteiger partial charge in [-0.15, -0.1) is 5.92 Å². The summed E-state index contributed by atoms with van der Waals surface area (Å²) < 4.78 is 6.57. The van der Waals surface area contributed by atoms with Crippen molar-refractivity contribution < 1.29 is 4.43 Å². The number of hydrogen-bond acceptors (Lipinski definition) is 2. The zero-order valence-corrected chi connectivity index (χ0v) is 21.5. The Morgan fingerprint density at radius 1 is 0.793 bits per heavy atom. The van der Waals surface area contributed by atoms with Gasteiger partial charge in [-0.05, 0) is 37.4 Å². The van der Waals surface area contributed by atoms with Gasteiger partial charge in [0, 0.05) is 12.8 Å². The fourth-order valence-corrected chi connectivity index (χ4v) is 4.34. The smallest absolute Gasteiger partial charge is 0.193 e. The maximum atomic E-state index is 8.52. The van der Waals surface area contributed by atoms with E-state index in [0.29, 0.717) is 0 Å². The maximum Gasteiger partial charge on any atom is 0.193 e. The fraction of sp³-hybridized carbons (Fsp3) is 0.885. The van der Waals surface area contributed by atoms with Crippen molar-refractivity contribution in [2.75, 3.05) is 0 Å². The van der Waals surface area contributed by atoms with E-state index < -0.39 is 8.32 Å². The molecule has 0 saturated carbocycles. The molecule has 0 spiro atoms. The van der Waals surface area contributed by atoms with E-state index in [-0.39, 0.29) is 11.1 Å². The second-order valence-corrected chi connectivity index (χ2v) is 14.8. The molecule has 2 nitrogen and oxygen atoms in total. The third-order valence-corrected chi connectivity index (χ3v) is 10.7. The topological polar surface area (TPSA) is 33.0 Å². The van der Waals surface area contributed by atoms with Gasteiger partial charge in [0.05, 0.1) is 6.07 Å². The summed E-state index contributed by atoms with van der Waals surface area (Å²) in [7, 11) is -1.74. The molecule has 0 aromatic rings. The molecule has 1 atom stereocenters. The van der Waals surface area contributed by atoms with E-state index >= 15 is 0 Å². The van der Waals surface area contributed by atoms with E-state index in [1.165, 1.54) is 70.6 Å². The largest absolute Gasteiger partial charge is 0.403 e. The Balaban J connectivity index is 3.93. The Labute approximate surface area is 184 Å². The van der Waals surface area contributed by atoms with Crippen LogP contribution in [0.15, 0.2) is 0 Å². The summed E-state index contributed by atoms with van der Waals surface area (Å²) in [5.74, 6) is 6.89. The first-order valence-corrected chi connectivity index (χ1v) is 15.2. The lowest BCUT2D eigenvalue weighted by Crippen LogP contribution is -2.43. The molecule has 0 amide bonds. The molecule has 0 heterocycles. The van der Waals surface area contributed by atoms with Gasteiger partial charge in [0.1, 0.15) is 6.10 Å². The van der Waals surface area contributed by atoms with Gasteiger partial charge in [-0.25, -0.2) is 0 Å². The van der Waals surface area contributed by atoms with Crippen molar-refractivity contribution in [2.45, 2.75) is 148 Å². The fourth-order valence-electron chi connectivity index (χ4n) is 3.10. The predicted molar refractivity (Wildman–Crippen MR) is 130 cm³/mol. The second kappa shape index (κ2) is 17.0. The standard InChI is InChI=1S/C26H49NOSi/c1-7-8-22-25(28-29(5,6)26(2,3)4)23-20-18-16-14-12-10-9-11-13-15-17-19-21-24-27/h25H,7-19,21-22H2,1-6H3/t25-/m1/s1. The van der Waals surface area contributed by atoms with Crippen molar-refractivity contribution in [1.82, 2.24) is 0 Å². The van der Waals surface area contributed by atoms with E-state index in [1.54, 1.807) is 0 Å². The molecule has 0 unspecified atom stereocenters. The minimum atomic E-state index is -1.74. The highest BCUT2D eigenvalue weighted by Gasteiger charge is 2.38. The van der Waals surface area contributed by atoms with Crippen molar-refractivity contribution in [2.24, 2.45) is 0 Å². The first-order chi connectivity index (χ1) is 13.7. The van der Waals surface area contributed by atoms with Crippen LogP contribution in [0.3, 0.4) is 0 Å². The summed E-state index contributed by atoms with van der Waals surface area (Å²) in [5, 5.41) is 8.76. The van der Waals surface area contributed by atoms with Gasteiger partial charge >= 0.3 is 0 Å². The molecule has 0 N–H and O–H groups in total. The summed E-state index contributed by atoms with van der Waals surface area (Å²) in [6.07, 6.45) is 18.3. The lowest BCUT2D eigenvalue weighted by molar-refractivity contribution is 0.220. The molecular weight excluding hydrogens is 370 g/mol. The Morgan fingerprint density at radius 3 is 1.72 bits per heavy atom. The van der Waals surface area contributed by atoms with Crippen molar-refractivity contribution >= 4 is 8.32 Å². The normalized spacial score (nSPS) is 12.9. The van der Waals surface area contributed by atoms with Crippen molar-refractivity contribution in [3.8, 4) is 17.9 Å². The summed E-state index contributed by atoms with van der Waals surface area (Å²) in [5.41, 5.74) is 0. The zero-order valence-electron chi connectivity index (χ0n) is 20.5. The summed E-state index contributed by atoms with van der Waals surface area (Å²) >= 11 is 0. The van der Waals surface area contributed by atoms with Crippen molar-refractivity contribution in [3.05, 3.63) is 0 Å². The monoisotopic (exact) mass is 419 g/mol. The van der Waals surface area contributed by atoms with Gasteiger partial charge in [-0.2, -0.15) is 5.26 Å². The van der Waals surface area contributed by atoms with Gasteiger partial charge in [-0.3, -0.25) is 0 Å². The summed E-state index contributed by atoms with van der Waals surface area (Å²) in [6, 6.07) is 2.22. The molecule has 3 heteroatoms. The van der Waals surface area contributed by atoms with Crippen LogP contribution in [-0.4, -0.2) is 14.4 Å². The highest BCUT2D eigenvalue weighted by Crippen LogP contribution is 2.37. The van der Waals surface area contributed by atoms with Crippen LogP contribution in [0.25, 0.3) is 0 Å². The molecule has 0 radical (unpaired) electrons. The SMILES string of the molecule is CCCC[C@H](C#CCCCCCCCCCCCCC#N)O[Si](C)(C)C(C)(C)C. The second-order valence-electron chi connectivity index (χ2n) is 10.0. The minimum Gasteiger partial charge on any atom is -0.403 e. The third kappa shape index (κ3) is 15.7. The number of nitriles is 1. The maximum absolute atomic E-state index is 8.52. The number of rotatable bonds is 16. The summed E-state index contributed by atoms with van der Waals surface area (Å²) in [6.45, 7) is 13.8. The van der Waals surface area contributed by atoms with Crippen LogP contribution in [0, 0.1) is 23.2 Å². The zero-order chi connectivity index (χ0) is 22.0. The Kier molecular flexibility index (Phi) is 16.5. The van der Waals surface area contributed by atoms with Crippen molar-refractivity contribution in [3.63, 3.8) is 0 Å². The number of unbranched alkanes of at least 4 members (excludes halogenated alkanes) is 12. The minimum absolute atomic E-state index is 0.129. The lowest BCUT2D eigenvalue weighted by Gasteiger charge is -2.38. The molecule has 0 bridgehead atoms. The Morgan fingerprint density at radius 2 is 1.28 bits per heavy atom. The highest BCUT2D eigenvalue weighted by molar-refractivity contribution is 6.74. The van der Waals surface area contributed by atoms with Crippen molar-refractivity contribution in [1.29, 1.82) is 5.26 Å².